The second-order valence-electron chi connectivity index (χ2n) is 15.2. The molecule has 0 spiro atoms. The van der Waals surface area contributed by atoms with Gasteiger partial charge in [0.25, 0.3) is 5.91 Å². The highest BCUT2D eigenvalue weighted by Gasteiger charge is 2.38. The van der Waals surface area contributed by atoms with Crippen molar-refractivity contribution in [2.75, 3.05) is 27.3 Å². The van der Waals surface area contributed by atoms with Crippen LogP contribution in [-0.4, -0.2) is 85.1 Å². The molecule has 7 atom stereocenters. The van der Waals surface area contributed by atoms with Crippen molar-refractivity contribution in [2.24, 2.45) is 17.8 Å². The molecule has 11 nitrogen and oxygen atoms in total. The number of nitrogens with zero attached hydrogens (tertiary/aromatic N) is 2. The molecular weight excluding hydrogens is 691 g/mol. The summed E-state index contributed by atoms with van der Waals surface area (Å²) in [5.41, 5.74) is 2.26. The number of benzene rings is 1. The zero-order valence-electron chi connectivity index (χ0n) is 33.7. The monoisotopic (exact) mass is 755 g/mol. The Morgan fingerprint density at radius 3 is 2.34 bits per heavy atom. The van der Waals surface area contributed by atoms with Crippen LogP contribution in [0.2, 0.25) is 0 Å². The number of esters is 1. The van der Waals surface area contributed by atoms with Gasteiger partial charge in [-0.15, -0.1) is 11.3 Å². The Labute approximate surface area is 321 Å². The predicted octanol–water partition coefficient (Wildman–Crippen LogP) is 6.43. The Balaban J connectivity index is 1.86. The normalized spacial score (nSPS) is 18.4. The highest BCUT2D eigenvalue weighted by Crippen LogP contribution is 2.34. The zero-order chi connectivity index (χ0) is 39.2. The molecule has 0 radical (unpaired) electrons. The molecule has 296 valence electrons. The minimum Gasteiger partial charge on any atom is -0.469 e. The van der Waals surface area contributed by atoms with E-state index in [9.17, 15) is 19.2 Å². The number of hydrogen-bond donors (Lipinski definition) is 3. The SMILES string of the molecule is CCCO[C@H](C[C@H](C(C)C)N(CCC)C(=O)[C@@H](NC(=O)[C@H](CC(C)C)NC)[C@@H](C)CC)c1nc(C(=O)NC2Cc3ccccc3[C@H](C(=O)OC)C2)cs1. The molecule has 2 aromatic rings. The zero-order valence-corrected chi connectivity index (χ0v) is 34.5. The molecule has 0 bridgehead atoms. The van der Waals surface area contributed by atoms with Crippen LogP contribution in [0.5, 0.6) is 0 Å². The van der Waals surface area contributed by atoms with E-state index in [1.54, 1.807) is 12.4 Å². The number of rotatable bonds is 21. The molecule has 0 aliphatic heterocycles. The number of carbonyl (C=O) groups excluding carboxylic acids is 4. The van der Waals surface area contributed by atoms with Crippen molar-refractivity contribution in [3.63, 3.8) is 0 Å². The highest BCUT2D eigenvalue weighted by molar-refractivity contribution is 7.09. The molecule has 3 N–H and O–H groups in total. The lowest BCUT2D eigenvalue weighted by atomic mass is 9.80. The summed E-state index contributed by atoms with van der Waals surface area (Å²) in [5, 5.41) is 11.8. The van der Waals surface area contributed by atoms with Gasteiger partial charge in [0.1, 0.15) is 22.8 Å². The van der Waals surface area contributed by atoms with Gasteiger partial charge in [-0.05, 0) is 68.0 Å². The highest BCUT2D eigenvalue weighted by atomic mass is 32.1. The van der Waals surface area contributed by atoms with Crippen molar-refractivity contribution in [1.82, 2.24) is 25.8 Å². The molecule has 1 aliphatic rings. The van der Waals surface area contributed by atoms with Gasteiger partial charge >= 0.3 is 5.97 Å². The van der Waals surface area contributed by atoms with E-state index in [0.717, 1.165) is 30.4 Å². The third-order valence-electron chi connectivity index (χ3n) is 10.3. The maximum Gasteiger partial charge on any atom is 0.313 e. The largest absolute Gasteiger partial charge is 0.469 e. The molecule has 1 aromatic carbocycles. The van der Waals surface area contributed by atoms with Gasteiger partial charge in [-0.2, -0.15) is 0 Å². The average Bonchev–Trinajstić information content (AvgIpc) is 3.64. The van der Waals surface area contributed by atoms with Gasteiger partial charge in [-0.3, -0.25) is 19.2 Å². The summed E-state index contributed by atoms with van der Waals surface area (Å²) in [4.78, 5) is 61.1. The molecule has 3 rings (SSSR count). The number of thiazole rings is 1. The molecule has 1 unspecified atom stereocenters. The second-order valence-corrected chi connectivity index (χ2v) is 16.1. The van der Waals surface area contributed by atoms with Crippen LogP contribution < -0.4 is 16.0 Å². The molecule has 0 saturated carbocycles. The van der Waals surface area contributed by atoms with Crippen molar-refractivity contribution < 1.29 is 28.7 Å². The first kappa shape index (κ1) is 44.0. The van der Waals surface area contributed by atoms with Gasteiger partial charge in [0.15, 0.2) is 0 Å². The number of methoxy groups -OCH3 is 1. The van der Waals surface area contributed by atoms with Crippen LogP contribution >= 0.6 is 11.3 Å². The number of carbonyl (C=O) groups is 4. The lowest BCUT2D eigenvalue weighted by Crippen LogP contribution is -2.58. The van der Waals surface area contributed by atoms with Crippen molar-refractivity contribution in [2.45, 2.75) is 137 Å². The molecule has 1 aliphatic carbocycles. The number of ether oxygens (including phenoxy) is 2. The first-order valence-electron chi connectivity index (χ1n) is 19.6. The fraction of sp³-hybridized carbons (Fsp3) is 0.683. The van der Waals surface area contributed by atoms with Gasteiger partial charge in [-0.1, -0.05) is 86.1 Å². The lowest BCUT2D eigenvalue weighted by molar-refractivity contribution is -0.143. The van der Waals surface area contributed by atoms with Gasteiger partial charge in [-0.25, -0.2) is 4.98 Å². The Kier molecular flexibility index (Phi) is 17.9. The topological polar surface area (TPSA) is 139 Å². The molecular formula is C41H65N5O6S. The second kappa shape index (κ2) is 21.5. The number of likely N-dealkylation sites (N-methyl/N-ethyl adjacent to an activating group) is 1. The van der Waals surface area contributed by atoms with Crippen molar-refractivity contribution >= 4 is 35.0 Å². The fourth-order valence-electron chi connectivity index (χ4n) is 7.20. The first-order valence-corrected chi connectivity index (χ1v) is 20.5. The minimum absolute atomic E-state index is 0.0668. The summed E-state index contributed by atoms with van der Waals surface area (Å²) in [6, 6.07) is 6.27. The van der Waals surface area contributed by atoms with Crippen LogP contribution in [0, 0.1) is 17.8 Å². The minimum atomic E-state index is -0.668. The summed E-state index contributed by atoms with van der Waals surface area (Å²) in [6.45, 7) is 17.6. The van der Waals surface area contributed by atoms with Crippen LogP contribution in [0.4, 0.5) is 0 Å². The Morgan fingerprint density at radius 1 is 1.02 bits per heavy atom. The lowest BCUT2D eigenvalue weighted by Gasteiger charge is -2.39. The van der Waals surface area contributed by atoms with Crippen molar-refractivity contribution in [1.29, 1.82) is 0 Å². The van der Waals surface area contributed by atoms with Crippen LogP contribution in [-0.2, 0) is 30.3 Å². The summed E-state index contributed by atoms with van der Waals surface area (Å²) in [6.07, 6.45) is 4.06. The van der Waals surface area contributed by atoms with Crippen molar-refractivity contribution in [3.05, 3.63) is 51.5 Å². The average molecular weight is 756 g/mol. The number of amides is 3. The standard InChI is InChI=1S/C41H65N5O6S/c1-11-18-46(40(49)36(27(8)13-3)45-37(47)32(42-9)20-25(4)5)34(26(6)7)23-35(52-19-12-2)39-44-33(24-53-39)38(48)43-29-21-28-16-14-15-17-30(28)31(22-29)41(50)51-10/h14-17,24-27,29,31-32,34-36,42H,11-13,18-23H2,1-10H3,(H,43,48)(H,45,47)/t27-,29?,31+,32-,34+,35+,36-/m0/s1. The Morgan fingerprint density at radius 2 is 1.74 bits per heavy atom. The maximum absolute atomic E-state index is 14.6. The quantitative estimate of drug-likeness (QED) is 0.124. The number of nitrogens with one attached hydrogen (secondary N) is 3. The summed E-state index contributed by atoms with van der Waals surface area (Å²) in [7, 11) is 3.17. The summed E-state index contributed by atoms with van der Waals surface area (Å²) in [5.74, 6) is -0.979. The van der Waals surface area contributed by atoms with E-state index in [1.807, 2.05) is 49.9 Å². The molecule has 0 saturated heterocycles. The van der Waals surface area contributed by atoms with E-state index in [1.165, 1.54) is 18.4 Å². The maximum atomic E-state index is 14.6. The van der Waals surface area contributed by atoms with Crippen LogP contribution in [0.1, 0.15) is 133 Å². The smallest absolute Gasteiger partial charge is 0.313 e. The summed E-state index contributed by atoms with van der Waals surface area (Å²) >= 11 is 1.38. The number of aromatic nitrogens is 1. The van der Waals surface area contributed by atoms with E-state index in [0.29, 0.717) is 55.5 Å². The third kappa shape index (κ3) is 12.1. The van der Waals surface area contributed by atoms with E-state index >= 15 is 0 Å². The Bertz CT molecular complexity index is 1480. The van der Waals surface area contributed by atoms with E-state index in [-0.39, 0.29) is 53.7 Å². The van der Waals surface area contributed by atoms with Crippen LogP contribution in [0.25, 0.3) is 0 Å². The fourth-order valence-corrected chi connectivity index (χ4v) is 8.06. The van der Waals surface area contributed by atoms with E-state index in [4.69, 9.17) is 14.5 Å². The van der Waals surface area contributed by atoms with Crippen LogP contribution in [0.3, 0.4) is 0 Å². The molecule has 0 fully saturated rings. The van der Waals surface area contributed by atoms with Gasteiger partial charge in [0, 0.05) is 37.0 Å². The molecule has 1 heterocycles. The number of fused-ring (bicyclic) bond motifs is 1. The van der Waals surface area contributed by atoms with Gasteiger partial charge in [0.2, 0.25) is 11.8 Å². The molecule has 12 heteroatoms. The molecule has 1 aromatic heterocycles. The molecule has 53 heavy (non-hydrogen) atoms. The number of hydrogen-bond acceptors (Lipinski definition) is 9. The predicted molar refractivity (Wildman–Crippen MR) is 211 cm³/mol. The van der Waals surface area contributed by atoms with E-state index in [2.05, 4.69) is 50.6 Å². The van der Waals surface area contributed by atoms with Gasteiger partial charge < -0.3 is 30.3 Å². The summed E-state index contributed by atoms with van der Waals surface area (Å²) < 4.78 is 11.5. The first-order chi connectivity index (χ1) is 25.3. The van der Waals surface area contributed by atoms with Gasteiger partial charge in [0.05, 0.1) is 19.1 Å². The van der Waals surface area contributed by atoms with E-state index < -0.39 is 18.1 Å². The molecule has 3 amide bonds. The van der Waals surface area contributed by atoms with Crippen molar-refractivity contribution in [3.8, 4) is 0 Å². The van der Waals surface area contributed by atoms with Crippen LogP contribution in [0.15, 0.2) is 29.6 Å². The Hall–Kier alpha value is -3.35. The third-order valence-corrected chi connectivity index (χ3v) is 11.2.